The average molecular weight is 339 g/mol. The Kier molecular flexibility index (Phi) is 3.87. The van der Waals surface area contributed by atoms with Crippen LogP contribution >= 0.6 is 0 Å². The number of aryl methyl sites for hydroxylation is 2. The molecule has 1 aromatic heterocycles. The van der Waals surface area contributed by atoms with Crippen LogP contribution in [0.1, 0.15) is 29.7 Å². The highest BCUT2D eigenvalue weighted by Crippen LogP contribution is 2.24. The van der Waals surface area contributed by atoms with E-state index in [0.717, 1.165) is 32.6 Å². The quantitative estimate of drug-likeness (QED) is 0.865. The molecule has 1 aliphatic carbocycles. The Bertz CT molecular complexity index is 708. The normalized spacial score (nSPS) is 28.2. The molecule has 0 amide bonds. The Morgan fingerprint density at radius 1 is 1.24 bits per heavy atom. The Hall–Kier alpha value is -2.05. The zero-order valence-corrected chi connectivity index (χ0v) is 14.4. The van der Waals surface area contributed by atoms with Gasteiger partial charge in [-0.05, 0) is 42.9 Å². The summed E-state index contributed by atoms with van der Waals surface area (Å²) in [5, 5.41) is 5.50. The molecule has 1 saturated heterocycles. The van der Waals surface area contributed by atoms with Crippen LogP contribution in [0.5, 0.6) is 0 Å². The lowest BCUT2D eigenvalue weighted by Gasteiger charge is -2.35. The number of hydrogen-bond acceptors (Lipinski definition) is 6. The molecule has 0 saturated carbocycles. The van der Waals surface area contributed by atoms with Crippen LogP contribution in [0.3, 0.4) is 0 Å². The van der Waals surface area contributed by atoms with E-state index in [0.29, 0.717) is 0 Å². The van der Waals surface area contributed by atoms with Crippen molar-refractivity contribution in [3.05, 3.63) is 53.3 Å². The molecule has 6 heteroatoms. The van der Waals surface area contributed by atoms with Gasteiger partial charge in [0.05, 0.1) is 0 Å². The van der Waals surface area contributed by atoms with Crippen molar-refractivity contribution in [3.63, 3.8) is 0 Å². The van der Waals surface area contributed by atoms with Crippen molar-refractivity contribution in [1.82, 2.24) is 25.6 Å². The lowest BCUT2D eigenvalue weighted by Crippen LogP contribution is -2.51. The van der Waals surface area contributed by atoms with Crippen molar-refractivity contribution >= 4 is 0 Å². The third-order valence-corrected chi connectivity index (χ3v) is 5.56. The molecular weight excluding hydrogens is 314 g/mol. The molecule has 3 aliphatic heterocycles. The molecule has 4 aliphatic rings. The van der Waals surface area contributed by atoms with Gasteiger partial charge < -0.3 is 15.1 Å². The van der Waals surface area contributed by atoms with E-state index in [2.05, 4.69) is 39.0 Å². The predicted octanol–water partition coefficient (Wildman–Crippen LogP) is 1.27. The minimum atomic E-state index is -0.00334. The smallest absolute Gasteiger partial charge is 0.189 e. The number of piperazine rings is 1. The van der Waals surface area contributed by atoms with Crippen molar-refractivity contribution in [2.75, 3.05) is 19.6 Å². The first-order chi connectivity index (χ1) is 12.3. The fourth-order valence-electron chi connectivity index (χ4n) is 4.25. The summed E-state index contributed by atoms with van der Waals surface area (Å²) in [6.45, 7) is 4.02. The molecule has 5 rings (SSSR count). The average Bonchev–Trinajstić information content (AvgIpc) is 3.30. The van der Waals surface area contributed by atoms with Crippen molar-refractivity contribution < 1.29 is 4.74 Å². The van der Waals surface area contributed by atoms with Gasteiger partial charge in [-0.3, -0.25) is 9.88 Å². The standard InChI is InChI=1S/C19H25N5O/c1-2-4-17-15(3-1)9-14(11-21-17)12-23-6-7-24-16(13-23)10-18(22-24)19-20-5-8-25-19/h5,8-11,18-20,22H,1-4,6-7,12-13H2. The second-order valence-corrected chi connectivity index (χ2v) is 7.36. The van der Waals surface area contributed by atoms with E-state index in [1.165, 1.54) is 41.8 Å². The van der Waals surface area contributed by atoms with Crippen molar-refractivity contribution in [1.29, 1.82) is 0 Å². The third-order valence-electron chi connectivity index (χ3n) is 5.56. The first-order valence-electron chi connectivity index (χ1n) is 9.35. The van der Waals surface area contributed by atoms with Gasteiger partial charge >= 0.3 is 0 Å². The summed E-state index contributed by atoms with van der Waals surface area (Å²) in [6, 6.07) is 2.58. The van der Waals surface area contributed by atoms with Gasteiger partial charge in [0.1, 0.15) is 12.3 Å². The number of ether oxygens (including phenoxy) is 1. The number of nitrogens with one attached hydrogen (secondary N) is 2. The third kappa shape index (κ3) is 3.00. The van der Waals surface area contributed by atoms with Gasteiger partial charge in [0, 0.05) is 50.0 Å². The predicted molar refractivity (Wildman–Crippen MR) is 95.0 cm³/mol. The topological polar surface area (TPSA) is 52.7 Å². The first-order valence-corrected chi connectivity index (χ1v) is 9.35. The molecular formula is C19H25N5O. The number of rotatable bonds is 3. The van der Waals surface area contributed by atoms with E-state index in [1.54, 1.807) is 6.26 Å². The molecule has 4 heterocycles. The van der Waals surface area contributed by atoms with Gasteiger partial charge in [-0.2, -0.15) is 0 Å². The maximum atomic E-state index is 5.57. The number of nitrogens with zero attached hydrogens (tertiary/aromatic N) is 3. The summed E-state index contributed by atoms with van der Waals surface area (Å²) in [6.07, 6.45) is 12.9. The minimum absolute atomic E-state index is 0.00334. The van der Waals surface area contributed by atoms with Crippen LogP contribution in [0.4, 0.5) is 0 Å². The summed E-state index contributed by atoms with van der Waals surface area (Å²) in [7, 11) is 0. The van der Waals surface area contributed by atoms with E-state index in [4.69, 9.17) is 9.72 Å². The first kappa shape index (κ1) is 15.2. The summed E-state index contributed by atoms with van der Waals surface area (Å²) >= 11 is 0. The van der Waals surface area contributed by atoms with Crippen molar-refractivity contribution in [2.45, 2.75) is 44.5 Å². The highest BCUT2D eigenvalue weighted by Gasteiger charge is 2.33. The van der Waals surface area contributed by atoms with Crippen molar-refractivity contribution in [2.24, 2.45) is 0 Å². The fourth-order valence-corrected chi connectivity index (χ4v) is 4.25. The number of hydrogen-bond donors (Lipinski definition) is 2. The van der Waals surface area contributed by atoms with E-state index >= 15 is 0 Å². The molecule has 132 valence electrons. The summed E-state index contributed by atoms with van der Waals surface area (Å²) in [5.74, 6) is 0. The van der Waals surface area contributed by atoms with Gasteiger partial charge in [0.15, 0.2) is 6.23 Å². The molecule has 25 heavy (non-hydrogen) atoms. The Morgan fingerprint density at radius 3 is 3.12 bits per heavy atom. The van der Waals surface area contributed by atoms with Crippen LogP contribution in [-0.4, -0.2) is 46.8 Å². The van der Waals surface area contributed by atoms with Crippen LogP contribution in [0, 0.1) is 0 Å². The molecule has 1 fully saturated rings. The highest BCUT2D eigenvalue weighted by atomic mass is 16.5. The second-order valence-electron chi connectivity index (χ2n) is 7.36. The number of aromatic nitrogens is 1. The number of pyridine rings is 1. The monoisotopic (exact) mass is 339 g/mol. The lowest BCUT2D eigenvalue weighted by molar-refractivity contribution is 0.0848. The molecule has 0 aromatic carbocycles. The Balaban J connectivity index is 1.25. The summed E-state index contributed by atoms with van der Waals surface area (Å²) < 4.78 is 5.57. The van der Waals surface area contributed by atoms with Gasteiger partial charge in [0.2, 0.25) is 0 Å². The fraction of sp³-hybridized carbons (Fsp3) is 0.526. The van der Waals surface area contributed by atoms with Gasteiger partial charge in [-0.1, -0.05) is 6.07 Å². The van der Waals surface area contributed by atoms with Crippen LogP contribution in [0.25, 0.3) is 0 Å². The van der Waals surface area contributed by atoms with Crippen LogP contribution in [-0.2, 0) is 24.1 Å². The molecule has 0 spiro atoms. The number of hydrazine groups is 1. The van der Waals surface area contributed by atoms with Gasteiger partial charge in [-0.25, -0.2) is 5.43 Å². The maximum absolute atomic E-state index is 5.57. The maximum Gasteiger partial charge on any atom is 0.189 e. The molecule has 2 atom stereocenters. The summed E-state index contributed by atoms with van der Waals surface area (Å²) in [4.78, 5) is 7.23. The van der Waals surface area contributed by atoms with E-state index in [9.17, 15) is 0 Å². The van der Waals surface area contributed by atoms with E-state index < -0.39 is 0 Å². The number of fused-ring (bicyclic) bond motifs is 2. The van der Waals surface area contributed by atoms with Gasteiger partial charge in [0.25, 0.3) is 0 Å². The van der Waals surface area contributed by atoms with Gasteiger partial charge in [-0.15, -0.1) is 0 Å². The summed E-state index contributed by atoms with van der Waals surface area (Å²) in [5.41, 5.74) is 9.03. The second kappa shape index (κ2) is 6.35. The zero-order chi connectivity index (χ0) is 16.6. The van der Waals surface area contributed by atoms with E-state index in [1.807, 2.05) is 6.20 Å². The molecule has 6 nitrogen and oxygen atoms in total. The molecule has 0 radical (unpaired) electrons. The van der Waals surface area contributed by atoms with Crippen molar-refractivity contribution in [3.8, 4) is 0 Å². The SMILES string of the molecule is C1=COC(C2C=C3CN(Cc4cnc5c(c4)CCCC5)CCN3N2)N1. The Morgan fingerprint density at radius 2 is 2.20 bits per heavy atom. The highest BCUT2D eigenvalue weighted by molar-refractivity contribution is 5.28. The Labute approximate surface area is 148 Å². The largest absolute Gasteiger partial charge is 0.475 e. The van der Waals surface area contributed by atoms with Crippen LogP contribution < -0.4 is 10.7 Å². The lowest BCUT2D eigenvalue weighted by atomic mass is 9.95. The zero-order valence-electron chi connectivity index (χ0n) is 14.4. The van der Waals surface area contributed by atoms with E-state index in [-0.39, 0.29) is 12.3 Å². The molecule has 2 unspecified atom stereocenters. The van der Waals surface area contributed by atoms with Crippen LogP contribution in [0.15, 0.2) is 36.5 Å². The molecule has 1 aromatic rings. The van der Waals surface area contributed by atoms with Crippen LogP contribution in [0.2, 0.25) is 0 Å². The molecule has 0 bridgehead atoms. The molecule has 2 N–H and O–H groups in total. The minimum Gasteiger partial charge on any atom is -0.475 e.